The average molecular weight is 379 g/mol. The molecule has 1 aliphatic rings. The van der Waals surface area contributed by atoms with Gasteiger partial charge in [-0.15, -0.1) is 0 Å². The number of carboxylic acids is 1. The van der Waals surface area contributed by atoms with E-state index in [-0.39, 0.29) is 0 Å². The van der Waals surface area contributed by atoms with E-state index in [0.29, 0.717) is 6.42 Å². The standard InChI is InChI=1S/C25H46O2/c26-25(27)23-22-24-20-18-16-14-12-10-8-6-4-2-1-3-5-7-9-11-13-15-17-19-21-24/h20H,1-19,21-23H2,(H,26,27)/b24-20+. The lowest BCUT2D eigenvalue weighted by atomic mass is 9.98. The fourth-order valence-electron chi connectivity index (χ4n) is 4.23. The van der Waals surface area contributed by atoms with Gasteiger partial charge in [-0.25, -0.2) is 0 Å². The summed E-state index contributed by atoms with van der Waals surface area (Å²) < 4.78 is 0. The highest BCUT2D eigenvalue weighted by Crippen LogP contribution is 2.19. The van der Waals surface area contributed by atoms with Crippen LogP contribution in [0.1, 0.15) is 141 Å². The van der Waals surface area contributed by atoms with Gasteiger partial charge in [-0.2, -0.15) is 0 Å². The maximum Gasteiger partial charge on any atom is 0.303 e. The first kappa shape index (κ1) is 24.2. The number of rotatable bonds is 3. The Hall–Kier alpha value is -0.790. The molecule has 0 aromatic rings. The van der Waals surface area contributed by atoms with Crippen LogP contribution in [-0.2, 0) is 4.79 Å². The summed E-state index contributed by atoms with van der Waals surface area (Å²) in [5.41, 5.74) is 1.40. The number of hydrogen-bond donors (Lipinski definition) is 1. The van der Waals surface area contributed by atoms with Gasteiger partial charge < -0.3 is 5.11 Å². The van der Waals surface area contributed by atoms with Crippen LogP contribution in [0.25, 0.3) is 0 Å². The lowest BCUT2D eigenvalue weighted by molar-refractivity contribution is -0.136. The quantitative estimate of drug-likeness (QED) is 0.499. The Labute approximate surface area is 169 Å². The maximum absolute atomic E-state index is 10.9. The second kappa shape index (κ2) is 18.6. The van der Waals surface area contributed by atoms with Crippen molar-refractivity contribution in [3.05, 3.63) is 11.6 Å². The summed E-state index contributed by atoms with van der Waals surface area (Å²) in [5, 5.41) is 8.98. The van der Waals surface area contributed by atoms with Gasteiger partial charge in [-0.3, -0.25) is 4.79 Å². The predicted octanol–water partition coefficient (Wildman–Crippen LogP) is 8.59. The summed E-state index contributed by atoms with van der Waals surface area (Å²) in [6.45, 7) is 0. The first-order valence-corrected chi connectivity index (χ1v) is 12.2. The number of carbonyl (C=O) groups is 1. The van der Waals surface area contributed by atoms with Gasteiger partial charge in [0.1, 0.15) is 0 Å². The van der Waals surface area contributed by atoms with E-state index in [0.717, 1.165) is 19.3 Å². The molecule has 0 aliphatic heterocycles. The van der Waals surface area contributed by atoms with Crippen LogP contribution in [-0.4, -0.2) is 11.1 Å². The first-order chi connectivity index (χ1) is 13.3. The molecule has 1 N–H and O–H groups in total. The van der Waals surface area contributed by atoms with Crippen LogP contribution in [0.3, 0.4) is 0 Å². The molecule has 0 saturated heterocycles. The van der Waals surface area contributed by atoms with E-state index in [2.05, 4.69) is 6.08 Å². The predicted molar refractivity (Wildman–Crippen MR) is 117 cm³/mol. The molecular formula is C25H46O2. The Morgan fingerprint density at radius 3 is 1.41 bits per heavy atom. The molecule has 0 aromatic heterocycles. The van der Waals surface area contributed by atoms with Crippen molar-refractivity contribution in [3.8, 4) is 0 Å². The van der Waals surface area contributed by atoms with Crippen molar-refractivity contribution in [1.82, 2.24) is 0 Å². The van der Waals surface area contributed by atoms with Gasteiger partial charge in [0, 0.05) is 6.42 Å². The zero-order valence-electron chi connectivity index (χ0n) is 18.0. The number of hydrogen-bond acceptors (Lipinski definition) is 1. The van der Waals surface area contributed by atoms with Crippen molar-refractivity contribution in [3.63, 3.8) is 0 Å². The largest absolute Gasteiger partial charge is 0.481 e. The molecule has 0 spiro atoms. The molecule has 2 heteroatoms. The summed E-state index contributed by atoms with van der Waals surface area (Å²) in [6, 6.07) is 0. The third kappa shape index (κ3) is 17.1. The van der Waals surface area contributed by atoms with Crippen molar-refractivity contribution in [1.29, 1.82) is 0 Å². The molecule has 2 nitrogen and oxygen atoms in total. The van der Waals surface area contributed by atoms with E-state index >= 15 is 0 Å². The van der Waals surface area contributed by atoms with Gasteiger partial charge in [-0.1, -0.05) is 114 Å². The van der Waals surface area contributed by atoms with Gasteiger partial charge in [0.05, 0.1) is 0 Å². The summed E-state index contributed by atoms with van der Waals surface area (Å²) in [7, 11) is 0. The molecular weight excluding hydrogens is 332 g/mol. The van der Waals surface area contributed by atoms with Gasteiger partial charge in [0.25, 0.3) is 0 Å². The molecule has 0 bridgehead atoms. The van der Waals surface area contributed by atoms with Crippen LogP contribution in [0, 0.1) is 0 Å². The SMILES string of the molecule is O=C(O)CC/C1=C/CCCCCCCCCCCCCCCCCCCC1. The molecule has 0 saturated carbocycles. The first-order valence-electron chi connectivity index (χ1n) is 12.2. The normalized spacial score (nSPS) is 23.3. The van der Waals surface area contributed by atoms with Crippen LogP contribution >= 0.6 is 0 Å². The van der Waals surface area contributed by atoms with Crippen LogP contribution < -0.4 is 0 Å². The zero-order chi connectivity index (χ0) is 19.4. The molecule has 0 amide bonds. The maximum atomic E-state index is 10.9. The van der Waals surface area contributed by atoms with Gasteiger partial charge >= 0.3 is 5.97 Å². The topological polar surface area (TPSA) is 37.3 Å². The Balaban J connectivity index is 2.31. The van der Waals surface area contributed by atoms with E-state index in [9.17, 15) is 4.79 Å². The minimum Gasteiger partial charge on any atom is -0.481 e. The molecule has 0 fully saturated rings. The number of aliphatic carboxylic acids is 1. The Morgan fingerprint density at radius 2 is 1.00 bits per heavy atom. The second-order valence-electron chi connectivity index (χ2n) is 8.66. The van der Waals surface area contributed by atoms with Crippen molar-refractivity contribution >= 4 is 5.97 Å². The van der Waals surface area contributed by atoms with Gasteiger partial charge in [0.2, 0.25) is 0 Å². The fraction of sp³-hybridized carbons (Fsp3) is 0.880. The monoisotopic (exact) mass is 378 g/mol. The molecule has 0 atom stereocenters. The van der Waals surface area contributed by atoms with Crippen molar-refractivity contribution in [2.45, 2.75) is 141 Å². The highest BCUT2D eigenvalue weighted by molar-refractivity contribution is 5.67. The van der Waals surface area contributed by atoms with Crippen molar-refractivity contribution < 1.29 is 9.90 Å². The highest BCUT2D eigenvalue weighted by Gasteiger charge is 2.03. The van der Waals surface area contributed by atoms with Crippen LogP contribution in [0.5, 0.6) is 0 Å². The summed E-state index contributed by atoms with van der Waals surface area (Å²) in [5.74, 6) is -0.658. The van der Waals surface area contributed by atoms with E-state index in [1.807, 2.05) is 0 Å². The molecule has 0 unspecified atom stereocenters. The lowest BCUT2D eigenvalue weighted by Gasteiger charge is -2.08. The second-order valence-corrected chi connectivity index (χ2v) is 8.66. The third-order valence-electron chi connectivity index (χ3n) is 6.05. The molecule has 27 heavy (non-hydrogen) atoms. The summed E-state index contributed by atoms with van der Waals surface area (Å²) in [6.07, 6.45) is 30.7. The summed E-state index contributed by atoms with van der Waals surface area (Å²) in [4.78, 5) is 10.9. The molecule has 1 aliphatic carbocycles. The molecule has 0 aromatic carbocycles. The van der Waals surface area contributed by atoms with Crippen molar-refractivity contribution in [2.75, 3.05) is 0 Å². The molecule has 0 radical (unpaired) electrons. The lowest BCUT2D eigenvalue weighted by Crippen LogP contribution is -1.96. The Kier molecular flexibility index (Phi) is 16.7. The van der Waals surface area contributed by atoms with Crippen LogP contribution in [0.2, 0.25) is 0 Å². The van der Waals surface area contributed by atoms with E-state index in [1.165, 1.54) is 121 Å². The number of carboxylic acid groups (broad SMARTS) is 1. The van der Waals surface area contributed by atoms with E-state index < -0.39 is 5.97 Å². The van der Waals surface area contributed by atoms with Crippen molar-refractivity contribution in [2.24, 2.45) is 0 Å². The minimum atomic E-state index is -0.658. The highest BCUT2D eigenvalue weighted by atomic mass is 16.4. The van der Waals surface area contributed by atoms with Gasteiger partial charge in [0.15, 0.2) is 0 Å². The van der Waals surface area contributed by atoms with Crippen LogP contribution in [0.15, 0.2) is 11.6 Å². The zero-order valence-corrected chi connectivity index (χ0v) is 18.0. The average Bonchev–Trinajstić information content (AvgIpc) is 2.65. The molecule has 158 valence electrons. The van der Waals surface area contributed by atoms with Gasteiger partial charge in [-0.05, 0) is 32.1 Å². The number of allylic oxidation sites excluding steroid dienone is 2. The Bertz CT molecular complexity index is 373. The summed E-state index contributed by atoms with van der Waals surface area (Å²) >= 11 is 0. The van der Waals surface area contributed by atoms with E-state index in [1.54, 1.807) is 0 Å². The third-order valence-corrected chi connectivity index (χ3v) is 6.05. The van der Waals surface area contributed by atoms with E-state index in [4.69, 9.17) is 5.11 Å². The smallest absolute Gasteiger partial charge is 0.303 e. The Morgan fingerprint density at radius 1 is 0.630 bits per heavy atom. The van der Waals surface area contributed by atoms with Crippen LogP contribution in [0.4, 0.5) is 0 Å². The fourth-order valence-corrected chi connectivity index (χ4v) is 4.23. The minimum absolute atomic E-state index is 0.297. The molecule has 1 rings (SSSR count). The molecule has 0 heterocycles.